The molecule has 4 rings (SSSR count). The Labute approximate surface area is 180 Å². The molecule has 0 saturated carbocycles. The lowest BCUT2D eigenvalue weighted by Gasteiger charge is -2.33. The molecular weight excluding hydrogens is 400 g/mol. The number of para-hydroxylation sites is 1. The molecule has 1 fully saturated rings. The maximum Gasteiger partial charge on any atom is 0.238 e. The molecule has 1 aromatic carbocycles. The van der Waals surface area contributed by atoms with Gasteiger partial charge in [-0.2, -0.15) is 0 Å². The number of hydrogen-bond acceptors (Lipinski definition) is 6. The highest BCUT2D eigenvalue weighted by atomic mass is 32.1. The number of carbonyl (C=O) groups excluding carboxylic acids is 1. The molecule has 1 saturated heterocycles. The fourth-order valence-electron chi connectivity index (χ4n) is 3.61. The third-order valence-electron chi connectivity index (χ3n) is 5.20. The lowest BCUT2D eigenvalue weighted by Crippen LogP contribution is -2.49. The molecule has 3 aromatic rings. The second-order valence-corrected chi connectivity index (χ2v) is 7.64. The molecule has 9 heteroatoms. The summed E-state index contributed by atoms with van der Waals surface area (Å²) in [6, 6.07) is 13.3. The quantitative estimate of drug-likeness (QED) is 0.586. The first-order valence-corrected chi connectivity index (χ1v) is 10.6. The second kappa shape index (κ2) is 9.38. The minimum absolute atomic E-state index is 0.0154. The summed E-state index contributed by atoms with van der Waals surface area (Å²) >= 11 is 5.63. The maximum absolute atomic E-state index is 12.3. The normalized spacial score (nSPS) is 15.4. The Kier molecular flexibility index (Phi) is 6.41. The van der Waals surface area contributed by atoms with Gasteiger partial charge in [-0.1, -0.05) is 18.2 Å². The smallest absolute Gasteiger partial charge is 0.238 e. The molecule has 1 N–H and O–H groups in total. The summed E-state index contributed by atoms with van der Waals surface area (Å²) in [5.74, 6) is 1.49. The van der Waals surface area contributed by atoms with Crippen LogP contribution in [0.1, 0.15) is 6.92 Å². The van der Waals surface area contributed by atoms with E-state index < -0.39 is 0 Å². The van der Waals surface area contributed by atoms with Gasteiger partial charge in [-0.25, -0.2) is 4.68 Å². The number of hydrogen-bond donors (Lipinski definition) is 1. The van der Waals surface area contributed by atoms with Crippen LogP contribution in [0.2, 0.25) is 0 Å². The first-order valence-electron chi connectivity index (χ1n) is 10.1. The zero-order valence-electron chi connectivity index (χ0n) is 17.0. The Hall–Kier alpha value is -2.75. The summed E-state index contributed by atoms with van der Waals surface area (Å²) in [6.07, 6.45) is 1.64. The highest BCUT2D eigenvalue weighted by molar-refractivity contribution is 7.71. The van der Waals surface area contributed by atoms with Gasteiger partial charge in [0.05, 0.1) is 19.5 Å². The minimum Gasteiger partial charge on any atom is -0.461 e. The standard InChI is InChI=1S/C21H26N6O2S/c1-2-26-20(18-9-6-14-29-18)23-27(21(26)30)16-25-12-10-24(11-13-25)15-19(28)22-17-7-4-3-5-8-17/h3-9,14H,2,10-13,15-16H2,1H3,(H,22,28). The second-order valence-electron chi connectivity index (χ2n) is 7.28. The van der Waals surface area contributed by atoms with Gasteiger partial charge < -0.3 is 9.73 Å². The van der Waals surface area contributed by atoms with Gasteiger partial charge in [-0.15, -0.1) is 5.10 Å². The van der Waals surface area contributed by atoms with Crippen molar-refractivity contribution in [2.24, 2.45) is 0 Å². The van der Waals surface area contributed by atoms with Crippen molar-refractivity contribution in [1.82, 2.24) is 24.1 Å². The van der Waals surface area contributed by atoms with E-state index in [-0.39, 0.29) is 5.91 Å². The lowest BCUT2D eigenvalue weighted by atomic mass is 10.3. The zero-order valence-corrected chi connectivity index (χ0v) is 17.8. The van der Waals surface area contributed by atoms with Gasteiger partial charge in [0.1, 0.15) is 0 Å². The molecule has 0 unspecified atom stereocenters. The zero-order chi connectivity index (χ0) is 20.9. The largest absolute Gasteiger partial charge is 0.461 e. The lowest BCUT2D eigenvalue weighted by molar-refractivity contribution is -0.117. The Bertz CT molecular complexity index is 1020. The fourth-order valence-corrected chi connectivity index (χ4v) is 3.92. The first kappa shape index (κ1) is 20.5. The topological polar surface area (TPSA) is 71.5 Å². The van der Waals surface area contributed by atoms with E-state index in [2.05, 4.69) is 15.1 Å². The third kappa shape index (κ3) is 4.69. The van der Waals surface area contributed by atoms with Gasteiger partial charge in [0, 0.05) is 38.4 Å². The molecule has 1 aliphatic heterocycles. The number of nitrogens with one attached hydrogen (secondary N) is 1. The number of furan rings is 1. The van der Waals surface area contributed by atoms with Crippen molar-refractivity contribution in [3.8, 4) is 11.6 Å². The molecule has 30 heavy (non-hydrogen) atoms. The first-order chi connectivity index (χ1) is 14.6. The predicted octanol–water partition coefficient (Wildman–Crippen LogP) is 2.91. The van der Waals surface area contributed by atoms with E-state index in [4.69, 9.17) is 21.7 Å². The summed E-state index contributed by atoms with van der Waals surface area (Å²) in [5, 5.41) is 7.64. The van der Waals surface area contributed by atoms with Crippen LogP contribution in [0.25, 0.3) is 11.6 Å². The molecule has 2 aromatic heterocycles. The van der Waals surface area contributed by atoms with Gasteiger partial charge >= 0.3 is 0 Å². The van der Waals surface area contributed by atoms with Crippen molar-refractivity contribution in [2.45, 2.75) is 20.1 Å². The molecule has 0 radical (unpaired) electrons. The Morgan fingerprint density at radius 1 is 1.10 bits per heavy atom. The van der Waals surface area contributed by atoms with Gasteiger partial charge in [-0.3, -0.25) is 19.2 Å². The van der Waals surface area contributed by atoms with Crippen LogP contribution in [0.3, 0.4) is 0 Å². The van der Waals surface area contributed by atoms with Crippen LogP contribution in [-0.2, 0) is 18.0 Å². The maximum atomic E-state index is 12.3. The molecule has 158 valence electrons. The molecule has 3 heterocycles. The minimum atomic E-state index is 0.0154. The molecule has 1 amide bonds. The number of carbonyl (C=O) groups is 1. The van der Waals surface area contributed by atoms with E-state index in [1.807, 2.05) is 58.6 Å². The summed E-state index contributed by atoms with van der Waals surface area (Å²) in [4.78, 5) is 16.8. The van der Waals surface area contributed by atoms with E-state index in [0.29, 0.717) is 18.0 Å². The van der Waals surface area contributed by atoms with Crippen LogP contribution in [0, 0.1) is 4.77 Å². The van der Waals surface area contributed by atoms with Crippen LogP contribution in [-0.4, -0.2) is 62.8 Å². The van der Waals surface area contributed by atoms with E-state index in [0.717, 1.165) is 50.0 Å². The van der Waals surface area contributed by atoms with Crippen molar-refractivity contribution >= 4 is 23.8 Å². The summed E-state index contributed by atoms with van der Waals surface area (Å²) < 4.78 is 10.0. The highest BCUT2D eigenvalue weighted by Crippen LogP contribution is 2.19. The van der Waals surface area contributed by atoms with Crippen LogP contribution < -0.4 is 5.32 Å². The number of piperazine rings is 1. The van der Waals surface area contributed by atoms with E-state index in [1.165, 1.54) is 0 Å². The predicted molar refractivity (Wildman–Crippen MR) is 118 cm³/mol. The van der Waals surface area contributed by atoms with Crippen molar-refractivity contribution in [1.29, 1.82) is 0 Å². The van der Waals surface area contributed by atoms with E-state index >= 15 is 0 Å². The number of nitrogens with zero attached hydrogens (tertiary/aromatic N) is 5. The number of rotatable bonds is 7. The van der Waals surface area contributed by atoms with Gasteiger partial charge in [0.2, 0.25) is 5.91 Å². The molecule has 0 atom stereocenters. The van der Waals surface area contributed by atoms with Gasteiger partial charge in [0.25, 0.3) is 0 Å². The number of aromatic nitrogens is 3. The Morgan fingerprint density at radius 3 is 2.50 bits per heavy atom. The summed E-state index contributed by atoms with van der Waals surface area (Å²) in [6.45, 7) is 7.18. The van der Waals surface area contributed by atoms with E-state index in [9.17, 15) is 4.79 Å². The monoisotopic (exact) mass is 426 g/mol. The van der Waals surface area contributed by atoms with Crippen molar-refractivity contribution in [3.63, 3.8) is 0 Å². The van der Waals surface area contributed by atoms with Crippen LogP contribution >= 0.6 is 12.2 Å². The van der Waals surface area contributed by atoms with Crippen molar-refractivity contribution < 1.29 is 9.21 Å². The molecule has 1 aliphatic rings. The highest BCUT2D eigenvalue weighted by Gasteiger charge is 2.21. The number of amides is 1. The average Bonchev–Trinajstić information content (AvgIpc) is 3.38. The molecule has 0 bridgehead atoms. The van der Waals surface area contributed by atoms with Crippen molar-refractivity contribution in [2.75, 3.05) is 38.0 Å². The number of anilines is 1. The molecule has 8 nitrogen and oxygen atoms in total. The fraction of sp³-hybridized carbons (Fsp3) is 0.381. The van der Waals surface area contributed by atoms with Gasteiger partial charge in [0.15, 0.2) is 16.4 Å². The molecule has 0 aliphatic carbocycles. The summed E-state index contributed by atoms with van der Waals surface area (Å²) in [5.41, 5.74) is 0.828. The Morgan fingerprint density at radius 2 is 1.83 bits per heavy atom. The van der Waals surface area contributed by atoms with Crippen LogP contribution in [0.15, 0.2) is 53.1 Å². The Balaban J connectivity index is 1.32. The summed E-state index contributed by atoms with van der Waals surface area (Å²) in [7, 11) is 0. The third-order valence-corrected chi connectivity index (χ3v) is 5.64. The van der Waals surface area contributed by atoms with E-state index in [1.54, 1.807) is 6.26 Å². The van der Waals surface area contributed by atoms with Crippen LogP contribution in [0.4, 0.5) is 5.69 Å². The average molecular weight is 427 g/mol. The van der Waals surface area contributed by atoms with Crippen LogP contribution in [0.5, 0.6) is 0 Å². The SMILES string of the molecule is CCn1c(-c2ccco2)nn(CN2CCN(CC(=O)Nc3ccccc3)CC2)c1=S. The number of benzene rings is 1. The van der Waals surface area contributed by atoms with Crippen molar-refractivity contribution in [3.05, 3.63) is 53.5 Å². The molecular formula is C21H26N6O2S. The van der Waals surface area contributed by atoms with Gasteiger partial charge in [-0.05, 0) is 43.4 Å². The molecule has 0 spiro atoms.